The van der Waals surface area contributed by atoms with Gasteiger partial charge in [-0.3, -0.25) is 4.99 Å². The van der Waals surface area contributed by atoms with Crippen molar-refractivity contribution in [1.29, 1.82) is 0 Å². The molecule has 142 valence electrons. The molecule has 1 aromatic carbocycles. The summed E-state index contributed by atoms with van der Waals surface area (Å²) in [4.78, 5) is 4.61. The number of nitrogens with one attached hydrogen (secondary N) is 1. The molecule has 0 radical (unpaired) electrons. The fourth-order valence-corrected chi connectivity index (χ4v) is 4.40. The molecule has 1 aliphatic carbocycles. The molecule has 4 heteroatoms. The van der Waals surface area contributed by atoms with Gasteiger partial charge in [-0.05, 0) is 43.9 Å². The minimum Gasteiger partial charge on any atom is -0.496 e. The summed E-state index contributed by atoms with van der Waals surface area (Å²) in [5.74, 6) is 1.51. The zero-order chi connectivity index (χ0) is 18.9. The second-order valence-corrected chi connectivity index (χ2v) is 8.08. The number of para-hydroxylation sites is 1. The maximum Gasteiger partial charge on any atom is 0.122 e. The van der Waals surface area contributed by atoms with Crippen LogP contribution in [0.5, 0.6) is 5.75 Å². The van der Waals surface area contributed by atoms with Gasteiger partial charge in [-0.2, -0.15) is 0 Å². The standard InChI is InChI=1S/C22H32N2OS/c1-16(2)21(26-22(23-4)18-11-7-6-8-12-18)24-17(3)15-19-13-9-10-14-20(19)25-5/h9-10,13-14,18,24H,3,6-8,11-12,15H2,1-2,4-5H3. The van der Waals surface area contributed by atoms with Crippen LogP contribution in [0.2, 0.25) is 0 Å². The van der Waals surface area contributed by atoms with Crippen molar-refractivity contribution in [2.45, 2.75) is 52.4 Å². The van der Waals surface area contributed by atoms with Crippen molar-refractivity contribution < 1.29 is 4.74 Å². The van der Waals surface area contributed by atoms with Gasteiger partial charge in [-0.25, -0.2) is 0 Å². The Balaban J connectivity index is 2.03. The van der Waals surface area contributed by atoms with E-state index in [1.165, 1.54) is 42.7 Å². The summed E-state index contributed by atoms with van der Waals surface area (Å²) >= 11 is 1.78. The second kappa shape index (κ2) is 10.5. The highest BCUT2D eigenvalue weighted by atomic mass is 32.2. The number of thioether (sulfide) groups is 1. The van der Waals surface area contributed by atoms with Crippen LogP contribution in [0.25, 0.3) is 0 Å². The van der Waals surface area contributed by atoms with E-state index >= 15 is 0 Å². The van der Waals surface area contributed by atoms with Crippen LogP contribution in [0.1, 0.15) is 51.5 Å². The molecule has 0 bridgehead atoms. The Morgan fingerprint density at radius 2 is 1.92 bits per heavy atom. The van der Waals surface area contributed by atoms with Crippen molar-refractivity contribution >= 4 is 16.8 Å². The monoisotopic (exact) mass is 372 g/mol. The van der Waals surface area contributed by atoms with Gasteiger partial charge in [0.25, 0.3) is 0 Å². The topological polar surface area (TPSA) is 33.6 Å². The molecule has 26 heavy (non-hydrogen) atoms. The van der Waals surface area contributed by atoms with Gasteiger partial charge in [0.1, 0.15) is 5.75 Å². The Morgan fingerprint density at radius 3 is 2.54 bits per heavy atom. The van der Waals surface area contributed by atoms with Gasteiger partial charge >= 0.3 is 0 Å². The predicted octanol–water partition coefficient (Wildman–Crippen LogP) is 5.93. The first-order valence-electron chi connectivity index (χ1n) is 9.43. The summed E-state index contributed by atoms with van der Waals surface area (Å²) in [7, 11) is 3.63. The Bertz CT molecular complexity index is 668. The summed E-state index contributed by atoms with van der Waals surface area (Å²) in [5.41, 5.74) is 3.37. The number of methoxy groups -OCH3 is 1. The van der Waals surface area contributed by atoms with Crippen LogP contribution in [-0.2, 0) is 6.42 Å². The molecule has 0 saturated heterocycles. The third-order valence-corrected chi connectivity index (χ3v) is 6.16. The van der Waals surface area contributed by atoms with Crippen molar-refractivity contribution in [3.63, 3.8) is 0 Å². The number of nitrogens with zero attached hydrogens (tertiary/aromatic N) is 1. The fraction of sp³-hybridized carbons (Fsp3) is 0.500. The number of ether oxygens (including phenoxy) is 1. The summed E-state index contributed by atoms with van der Waals surface area (Å²) in [6, 6.07) is 8.10. The van der Waals surface area contributed by atoms with E-state index in [9.17, 15) is 0 Å². The van der Waals surface area contributed by atoms with Crippen LogP contribution in [0.15, 0.2) is 52.1 Å². The van der Waals surface area contributed by atoms with E-state index < -0.39 is 0 Å². The zero-order valence-corrected chi connectivity index (χ0v) is 17.4. The minimum atomic E-state index is 0.609. The molecule has 0 unspecified atom stereocenters. The van der Waals surface area contributed by atoms with Crippen molar-refractivity contribution in [2.75, 3.05) is 14.2 Å². The largest absolute Gasteiger partial charge is 0.496 e. The van der Waals surface area contributed by atoms with Gasteiger partial charge in [0.15, 0.2) is 0 Å². The number of hydrogen-bond acceptors (Lipinski definition) is 4. The molecule has 0 amide bonds. The fourth-order valence-electron chi connectivity index (χ4n) is 3.30. The molecule has 3 nitrogen and oxygen atoms in total. The number of benzene rings is 1. The smallest absolute Gasteiger partial charge is 0.122 e. The Morgan fingerprint density at radius 1 is 1.23 bits per heavy atom. The lowest BCUT2D eigenvalue weighted by Crippen LogP contribution is -2.19. The predicted molar refractivity (Wildman–Crippen MR) is 115 cm³/mol. The second-order valence-electron chi connectivity index (χ2n) is 7.05. The van der Waals surface area contributed by atoms with Gasteiger partial charge in [0.2, 0.25) is 0 Å². The summed E-state index contributed by atoms with van der Waals surface area (Å²) in [5, 5.41) is 5.93. The average Bonchev–Trinajstić information content (AvgIpc) is 2.66. The molecular formula is C22H32N2OS. The molecule has 1 fully saturated rings. The molecule has 1 N–H and O–H groups in total. The zero-order valence-electron chi connectivity index (χ0n) is 16.6. The van der Waals surface area contributed by atoms with E-state index in [2.05, 4.69) is 36.8 Å². The van der Waals surface area contributed by atoms with Crippen LogP contribution >= 0.6 is 11.8 Å². The average molecular weight is 373 g/mol. The third-order valence-electron chi connectivity index (χ3n) is 4.72. The van der Waals surface area contributed by atoms with Crippen LogP contribution in [0.3, 0.4) is 0 Å². The first-order chi connectivity index (χ1) is 12.5. The van der Waals surface area contributed by atoms with Gasteiger partial charge in [-0.1, -0.05) is 55.8 Å². The SMILES string of the molecule is C=C(Cc1ccccc1OC)NC(SC(=NC)C1CCCCC1)=C(C)C. The van der Waals surface area contributed by atoms with Crippen molar-refractivity contribution in [2.24, 2.45) is 10.9 Å². The quantitative estimate of drug-likeness (QED) is 0.475. The van der Waals surface area contributed by atoms with Crippen molar-refractivity contribution in [3.05, 3.63) is 52.7 Å². The van der Waals surface area contributed by atoms with Crippen molar-refractivity contribution in [3.8, 4) is 5.75 Å². The van der Waals surface area contributed by atoms with Crippen LogP contribution < -0.4 is 10.1 Å². The summed E-state index contributed by atoms with van der Waals surface area (Å²) in [6.07, 6.45) is 7.27. The van der Waals surface area contributed by atoms with E-state index in [-0.39, 0.29) is 0 Å². The minimum absolute atomic E-state index is 0.609. The highest BCUT2D eigenvalue weighted by Gasteiger charge is 2.21. The maximum atomic E-state index is 5.45. The Labute approximate surface area is 163 Å². The highest BCUT2D eigenvalue weighted by Crippen LogP contribution is 2.32. The Hall–Kier alpha value is -1.68. The van der Waals surface area contributed by atoms with Crippen LogP contribution in [0.4, 0.5) is 0 Å². The lowest BCUT2D eigenvalue weighted by atomic mass is 9.90. The highest BCUT2D eigenvalue weighted by molar-refractivity contribution is 8.17. The molecule has 1 saturated carbocycles. The molecule has 0 heterocycles. The van der Waals surface area contributed by atoms with E-state index in [1.807, 2.05) is 25.2 Å². The molecule has 1 aromatic rings. The molecule has 0 spiro atoms. The normalized spacial score (nSPS) is 15.5. The van der Waals surface area contributed by atoms with Gasteiger partial charge < -0.3 is 10.1 Å². The first-order valence-corrected chi connectivity index (χ1v) is 10.3. The van der Waals surface area contributed by atoms with E-state index in [0.717, 1.165) is 28.5 Å². The molecule has 0 aliphatic heterocycles. The summed E-state index contributed by atoms with van der Waals surface area (Å²) in [6.45, 7) is 8.52. The molecular weight excluding hydrogens is 340 g/mol. The third kappa shape index (κ3) is 5.94. The van der Waals surface area contributed by atoms with E-state index in [4.69, 9.17) is 4.74 Å². The molecule has 0 atom stereocenters. The van der Waals surface area contributed by atoms with Crippen LogP contribution in [0, 0.1) is 5.92 Å². The number of aliphatic imine (C=N–C) groups is 1. The lowest BCUT2D eigenvalue weighted by molar-refractivity contribution is 0.410. The van der Waals surface area contributed by atoms with Gasteiger partial charge in [-0.15, -0.1) is 0 Å². The van der Waals surface area contributed by atoms with Gasteiger partial charge in [0.05, 0.1) is 17.2 Å². The van der Waals surface area contributed by atoms with Crippen molar-refractivity contribution in [1.82, 2.24) is 5.32 Å². The van der Waals surface area contributed by atoms with Crippen LogP contribution in [-0.4, -0.2) is 19.2 Å². The van der Waals surface area contributed by atoms with E-state index in [1.54, 1.807) is 18.9 Å². The number of hydrogen-bond donors (Lipinski definition) is 1. The van der Waals surface area contributed by atoms with E-state index in [0.29, 0.717) is 5.92 Å². The van der Waals surface area contributed by atoms with Gasteiger partial charge in [0, 0.05) is 25.1 Å². The molecule has 2 rings (SSSR count). The number of rotatable bonds is 7. The number of allylic oxidation sites excluding steroid dienone is 2. The molecule has 0 aromatic heterocycles. The first kappa shape index (κ1) is 20.6. The molecule has 1 aliphatic rings. The summed E-state index contributed by atoms with van der Waals surface area (Å²) < 4.78 is 5.45. The maximum absolute atomic E-state index is 5.45. The Kier molecular flexibility index (Phi) is 8.30. The lowest BCUT2D eigenvalue weighted by Gasteiger charge is -2.24.